The van der Waals surface area contributed by atoms with Gasteiger partial charge in [0.15, 0.2) is 0 Å². The number of carbonyl (C=O) groups excluding carboxylic acids is 2. The van der Waals surface area contributed by atoms with Crippen molar-refractivity contribution in [1.82, 2.24) is 4.90 Å². The molecule has 0 N–H and O–H groups in total. The summed E-state index contributed by atoms with van der Waals surface area (Å²) in [6.07, 6.45) is 3.37. The average molecular weight is 314 g/mol. The van der Waals surface area contributed by atoms with Gasteiger partial charge in [0.05, 0.1) is 17.7 Å². The summed E-state index contributed by atoms with van der Waals surface area (Å²) in [7, 11) is 1.34. The fourth-order valence-corrected chi connectivity index (χ4v) is 2.98. The van der Waals surface area contributed by atoms with Gasteiger partial charge in [0.1, 0.15) is 6.04 Å². The summed E-state index contributed by atoms with van der Waals surface area (Å²) in [5.74, 6) is -0.577. The Kier molecular flexibility index (Phi) is 4.94. The van der Waals surface area contributed by atoms with Crippen molar-refractivity contribution >= 4 is 35.2 Å². The number of hydrogen-bond donors (Lipinski definition) is 0. The van der Waals surface area contributed by atoms with E-state index in [-0.39, 0.29) is 11.9 Å². The minimum Gasteiger partial charge on any atom is -0.467 e. The molecule has 1 aromatic carbocycles. The Balaban J connectivity index is 2.28. The molecule has 1 heterocycles. The topological polar surface area (TPSA) is 46.6 Å². The number of benzene rings is 1. The molecule has 1 unspecified atom stereocenters. The van der Waals surface area contributed by atoms with Gasteiger partial charge in [-0.1, -0.05) is 11.6 Å². The quantitative estimate of drug-likeness (QED) is 0.636. The summed E-state index contributed by atoms with van der Waals surface area (Å²) >= 11 is 7.66. The van der Waals surface area contributed by atoms with Gasteiger partial charge in [-0.2, -0.15) is 0 Å². The lowest BCUT2D eigenvalue weighted by Crippen LogP contribution is -2.41. The maximum atomic E-state index is 12.6. The first kappa shape index (κ1) is 15.2. The lowest BCUT2D eigenvalue weighted by atomic mass is 10.1. The predicted octanol–water partition coefficient (Wildman–Crippen LogP) is 2.84. The van der Waals surface area contributed by atoms with Gasteiger partial charge in [0, 0.05) is 11.4 Å². The van der Waals surface area contributed by atoms with Crippen LogP contribution in [0, 0.1) is 0 Å². The number of esters is 1. The Morgan fingerprint density at radius 3 is 2.85 bits per heavy atom. The van der Waals surface area contributed by atoms with E-state index < -0.39 is 6.04 Å². The lowest BCUT2D eigenvalue weighted by Gasteiger charge is -2.23. The molecule has 0 bridgehead atoms. The second-order valence-electron chi connectivity index (χ2n) is 4.53. The highest BCUT2D eigenvalue weighted by Gasteiger charge is 2.35. The van der Waals surface area contributed by atoms with Crippen LogP contribution in [0.25, 0.3) is 0 Å². The maximum Gasteiger partial charge on any atom is 0.328 e. The average Bonchev–Trinajstić information content (AvgIpc) is 2.95. The van der Waals surface area contributed by atoms with E-state index in [2.05, 4.69) is 0 Å². The van der Waals surface area contributed by atoms with Crippen LogP contribution in [0.5, 0.6) is 0 Å². The molecule has 0 saturated carbocycles. The van der Waals surface area contributed by atoms with Crippen molar-refractivity contribution in [2.45, 2.75) is 23.8 Å². The van der Waals surface area contributed by atoms with E-state index in [0.717, 1.165) is 11.3 Å². The van der Waals surface area contributed by atoms with Gasteiger partial charge in [0.25, 0.3) is 5.91 Å². The Morgan fingerprint density at radius 1 is 1.45 bits per heavy atom. The molecule has 0 radical (unpaired) electrons. The molecule has 1 saturated heterocycles. The third-order valence-corrected chi connectivity index (χ3v) is 4.45. The van der Waals surface area contributed by atoms with Crippen molar-refractivity contribution in [3.63, 3.8) is 0 Å². The van der Waals surface area contributed by atoms with E-state index in [0.29, 0.717) is 23.6 Å². The fourth-order valence-electron chi connectivity index (χ4n) is 2.34. The van der Waals surface area contributed by atoms with Crippen molar-refractivity contribution < 1.29 is 14.3 Å². The van der Waals surface area contributed by atoms with E-state index >= 15 is 0 Å². The summed E-state index contributed by atoms with van der Waals surface area (Å²) in [6, 6.07) is 4.85. The van der Waals surface area contributed by atoms with Gasteiger partial charge in [-0.3, -0.25) is 4.79 Å². The van der Waals surface area contributed by atoms with Gasteiger partial charge >= 0.3 is 5.97 Å². The van der Waals surface area contributed by atoms with Gasteiger partial charge in [-0.15, -0.1) is 11.8 Å². The summed E-state index contributed by atoms with van der Waals surface area (Å²) in [4.78, 5) is 26.8. The fraction of sp³-hybridized carbons (Fsp3) is 0.429. The molecule has 0 aliphatic carbocycles. The van der Waals surface area contributed by atoms with Crippen LogP contribution < -0.4 is 0 Å². The van der Waals surface area contributed by atoms with Crippen molar-refractivity contribution in [2.24, 2.45) is 0 Å². The number of methoxy groups -OCH3 is 1. The molecule has 1 aliphatic heterocycles. The Hall–Kier alpha value is -1.20. The first-order valence-electron chi connectivity index (χ1n) is 6.30. The molecule has 1 aliphatic rings. The minimum atomic E-state index is -0.499. The van der Waals surface area contributed by atoms with Crippen molar-refractivity contribution in [2.75, 3.05) is 19.9 Å². The highest BCUT2D eigenvalue weighted by atomic mass is 35.5. The Labute approximate surface area is 127 Å². The zero-order chi connectivity index (χ0) is 14.7. The number of nitrogens with zero attached hydrogens (tertiary/aromatic N) is 1. The van der Waals surface area contributed by atoms with Crippen LogP contribution in [-0.2, 0) is 9.53 Å². The molecule has 108 valence electrons. The summed E-state index contributed by atoms with van der Waals surface area (Å²) in [5.41, 5.74) is 0.439. The molecule has 1 atom stereocenters. The Morgan fingerprint density at radius 2 is 2.20 bits per heavy atom. The molecule has 2 rings (SSSR count). The van der Waals surface area contributed by atoms with Gasteiger partial charge in [0.2, 0.25) is 0 Å². The molecule has 4 nitrogen and oxygen atoms in total. The number of amides is 1. The zero-order valence-corrected chi connectivity index (χ0v) is 13.0. The van der Waals surface area contributed by atoms with Crippen LogP contribution in [0.3, 0.4) is 0 Å². The van der Waals surface area contributed by atoms with Gasteiger partial charge in [-0.25, -0.2) is 4.79 Å². The van der Waals surface area contributed by atoms with Crippen LogP contribution in [0.1, 0.15) is 23.2 Å². The molecule has 1 aromatic rings. The molecule has 20 heavy (non-hydrogen) atoms. The number of rotatable bonds is 3. The van der Waals surface area contributed by atoms with E-state index in [1.54, 1.807) is 28.8 Å². The number of thioether (sulfide) groups is 1. The zero-order valence-electron chi connectivity index (χ0n) is 11.4. The highest BCUT2D eigenvalue weighted by Crippen LogP contribution is 2.27. The third-order valence-electron chi connectivity index (χ3n) is 3.39. The van der Waals surface area contributed by atoms with Gasteiger partial charge < -0.3 is 9.64 Å². The second kappa shape index (κ2) is 6.50. The van der Waals surface area contributed by atoms with Crippen molar-refractivity contribution in [3.8, 4) is 0 Å². The second-order valence-corrected chi connectivity index (χ2v) is 5.81. The highest BCUT2D eigenvalue weighted by molar-refractivity contribution is 7.98. The van der Waals surface area contributed by atoms with Crippen molar-refractivity contribution in [1.29, 1.82) is 0 Å². The van der Waals surface area contributed by atoms with Crippen LogP contribution in [0.4, 0.5) is 0 Å². The van der Waals surface area contributed by atoms with E-state index in [1.807, 2.05) is 12.3 Å². The first-order valence-corrected chi connectivity index (χ1v) is 7.91. The number of hydrogen-bond acceptors (Lipinski definition) is 4. The van der Waals surface area contributed by atoms with E-state index in [9.17, 15) is 9.59 Å². The number of likely N-dealkylation sites (tertiary alicyclic amines) is 1. The number of halogens is 1. The predicted molar refractivity (Wildman–Crippen MR) is 79.3 cm³/mol. The molecule has 0 spiro atoms. The molecular formula is C14H16ClNO3S. The minimum absolute atomic E-state index is 0.209. The van der Waals surface area contributed by atoms with Crippen LogP contribution in [0.15, 0.2) is 23.1 Å². The summed E-state index contributed by atoms with van der Waals surface area (Å²) < 4.78 is 4.76. The van der Waals surface area contributed by atoms with E-state index in [4.69, 9.17) is 16.3 Å². The van der Waals surface area contributed by atoms with Crippen molar-refractivity contribution in [3.05, 3.63) is 28.8 Å². The smallest absolute Gasteiger partial charge is 0.328 e. The normalized spacial score (nSPS) is 18.1. The van der Waals surface area contributed by atoms with E-state index in [1.165, 1.54) is 7.11 Å². The SMILES string of the molecule is COC(=O)C1CCCN1C(=O)c1cc(SC)ccc1Cl. The van der Waals surface area contributed by atoms with Crippen LogP contribution >= 0.6 is 23.4 Å². The standard InChI is InChI=1S/C14H16ClNO3S/c1-19-14(18)12-4-3-7-16(12)13(17)10-8-9(20-2)5-6-11(10)15/h5-6,8,12H,3-4,7H2,1-2H3. The molecule has 0 aromatic heterocycles. The Bertz CT molecular complexity index is 535. The first-order chi connectivity index (χ1) is 9.58. The lowest BCUT2D eigenvalue weighted by molar-refractivity contribution is -0.145. The number of ether oxygens (including phenoxy) is 1. The molecule has 1 fully saturated rings. The largest absolute Gasteiger partial charge is 0.467 e. The summed E-state index contributed by atoms with van der Waals surface area (Å²) in [6.45, 7) is 0.554. The molecule has 6 heteroatoms. The van der Waals surface area contributed by atoms with Gasteiger partial charge in [-0.05, 0) is 37.3 Å². The van der Waals surface area contributed by atoms with Crippen LogP contribution in [0.2, 0.25) is 5.02 Å². The maximum absolute atomic E-state index is 12.6. The number of carbonyl (C=O) groups is 2. The molecular weight excluding hydrogens is 298 g/mol. The summed E-state index contributed by atoms with van der Waals surface area (Å²) in [5, 5.41) is 0.406. The molecule has 1 amide bonds. The third kappa shape index (κ3) is 2.94. The van der Waals surface area contributed by atoms with Crippen LogP contribution in [-0.4, -0.2) is 42.7 Å². The monoisotopic (exact) mass is 313 g/mol.